The normalized spacial score (nSPS) is 11.1. The Morgan fingerprint density at radius 3 is 2.61 bits per heavy atom. The first-order chi connectivity index (χ1) is 13.6. The topological polar surface area (TPSA) is 50.7 Å². The van der Waals surface area contributed by atoms with E-state index in [1.165, 1.54) is 11.8 Å². The van der Waals surface area contributed by atoms with E-state index in [9.17, 15) is 4.79 Å². The van der Waals surface area contributed by atoms with E-state index in [2.05, 4.69) is 22.3 Å². The van der Waals surface area contributed by atoms with Gasteiger partial charge in [0, 0.05) is 23.7 Å². The third kappa shape index (κ3) is 5.85. The summed E-state index contributed by atoms with van der Waals surface area (Å²) in [5, 5.41) is 6.64. The lowest BCUT2D eigenvalue weighted by molar-refractivity contribution is -0.115. The number of rotatable bonds is 6. The lowest BCUT2D eigenvalue weighted by atomic mass is 9.95. The number of nitrogens with one attached hydrogen (secondary N) is 1. The van der Waals surface area contributed by atoms with Crippen molar-refractivity contribution in [3.63, 3.8) is 0 Å². The molecule has 0 aliphatic carbocycles. The van der Waals surface area contributed by atoms with E-state index in [1.54, 1.807) is 7.05 Å². The van der Waals surface area contributed by atoms with Gasteiger partial charge in [-0.25, -0.2) is 0 Å². The Hall–Kier alpha value is -3.32. The maximum Gasteiger partial charge on any atom is 0.251 e. The molecule has 0 saturated carbocycles. The Balaban J connectivity index is 2.11. The second-order valence-electron chi connectivity index (χ2n) is 6.35. The van der Waals surface area contributed by atoms with Crippen LogP contribution in [-0.4, -0.2) is 19.2 Å². The molecular weight excluding hydrogens is 348 g/mol. The second-order valence-corrected chi connectivity index (χ2v) is 6.35. The number of nitrogens with zero attached hydrogens (tertiary/aromatic N) is 1. The summed E-state index contributed by atoms with van der Waals surface area (Å²) >= 11 is 0. The van der Waals surface area contributed by atoms with Crippen molar-refractivity contribution in [3.05, 3.63) is 76.4 Å². The molecule has 2 rings (SSSR count). The van der Waals surface area contributed by atoms with Crippen molar-refractivity contribution >= 4 is 17.7 Å². The molecule has 0 aromatic heterocycles. The van der Waals surface area contributed by atoms with Gasteiger partial charge in [-0.05, 0) is 49.4 Å². The zero-order valence-corrected chi connectivity index (χ0v) is 16.9. The molecule has 0 bridgehead atoms. The van der Waals surface area contributed by atoms with Crippen LogP contribution in [0.3, 0.4) is 0 Å². The van der Waals surface area contributed by atoms with Gasteiger partial charge in [0.25, 0.3) is 5.91 Å². The summed E-state index contributed by atoms with van der Waals surface area (Å²) < 4.78 is 0. The molecule has 0 unspecified atom stereocenters. The van der Waals surface area contributed by atoms with Gasteiger partial charge < -0.3 is 10.2 Å². The molecule has 4 nitrogen and oxygen atoms in total. The number of carbonyl (C=O) groups is 1. The molecule has 28 heavy (non-hydrogen) atoms. The fraction of sp³-hybridized carbons (Fsp3) is 0.250. The molecule has 0 atom stereocenters. The van der Waals surface area contributed by atoms with Crippen molar-refractivity contribution in [2.24, 2.45) is 5.16 Å². The fourth-order valence-corrected chi connectivity index (χ4v) is 2.73. The van der Waals surface area contributed by atoms with E-state index in [4.69, 9.17) is 4.84 Å². The van der Waals surface area contributed by atoms with Crippen LogP contribution in [-0.2, 0) is 16.2 Å². The van der Waals surface area contributed by atoms with E-state index in [0.717, 1.165) is 28.7 Å². The van der Waals surface area contributed by atoms with Gasteiger partial charge in [0.05, 0.1) is 0 Å². The van der Waals surface area contributed by atoms with Crippen molar-refractivity contribution in [2.75, 3.05) is 7.05 Å². The molecule has 4 heteroatoms. The number of benzene rings is 2. The number of carbonyl (C=O) groups excluding carboxylic acids is 1. The Kier molecular flexibility index (Phi) is 8.05. The van der Waals surface area contributed by atoms with Crippen LogP contribution < -0.4 is 5.32 Å². The molecule has 0 aliphatic rings. The van der Waals surface area contributed by atoms with E-state index in [-0.39, 0.29) is 12.5 Å². The van der Waals surface area contributed by atoms with Crippen molar-refractivity contribution in [3.8, 4) is 11.8 Å². The first-order valence-electron chi connectivity index (χ1n) is 9.30. The van der Waals surface area contributed by atoms with Crippen LogP contribution in [0.5, 0.6) is 0 Å². The highest BCUT2D eigenvalue weighted by atomic mass is 16.6. The molecular formula is C24H26N2O2. The van der Waals surface area contributed by atoms with E-state index in [0.29, 0.717) is 5.57 Å². The zero-order chi connectivity index (χ0) is 20.4. The minimum absolute atomic E-state index is 0.110. The van der Waals surface area contributed by atoms with Crippen LogP contribution in [0.25, 0.3) is 5.57 Å². The Morgan fingerprint density at radius 2 is 1.93 bits per heavy atom. The summed E-state index contributed by atoms with van der Waals surface area (Å²) in [7, 11) is 1.63. The van der Waals surface area contributed by atoms with E-state index < -0.39 is 0 Å². The molecule has 0 fully saturated rings. The van der Waals surface area contributed by atoms with Crippen LogP contribution in [0, 0.1) is 25.7 Å². The number of aryl methyl sites for hydroxylation is 2. The Morgan fingerprint density at radius 1 is 1.18 bits per heavy atom. The van der Waals surface area contributed by atoms with Crippen molar-refractivity contribution in [2.45, 2.75) is 33.8 Å². The van der Waals surface area contributed by atoms with Crippen molar-refractivity contribution in [1.82, 2.24) is 5.32 Å². The Bertz CT molecular complexity index is 929. The first-order valence-corrected chi connectivity index (χ1v) is 9.30. The predicted octanol–water partition coefficient (Wildman–Crippen LogP) is 4.40. The van der Waals surface area contributed by atoms with Crippen LogP contribution in [0.1, 0.15) is 41.2 Å². The van der Waals surface area contributed by atoms with Gasteiger partial charge in [0.15, 0.2) is 0 Å². The SMILES string of the molecule is CC/C=C(/C(=O)NC)c1cccc(C)c1CO/N=C/C#Cc1ccc(C)cc1. The largest absolute Gasteiger partial charge is 0.390 e. The van der Waals surface area contributed by atoms with Crippen LogP contribution in [0.2, 0.25) is 0 Å². The van der Waals surface area contributed by atoms with Gasteiger partial charge >= 0.3 is 0 Å². The van der Waals surface area contributed by atoms with Gasteiger partial charge in [0.2, 0.25) is 0 Å². The summed E-state index contributed by atoms with van der Waals surface area (Å²) in [5.74, 6) is 5.76. The number of likely N-dealkylation sites (N-methyl/N-ethyl adjacent to an activating group) is 1. The average molecular weight is 374 g/mol. The summed E-state index contributed by atoms with van der Waals surface area (Å²) in [6, 6.07) is 13.8. The zero-order valence-electron chi connectivity index (χ0n) is 16.9. The summed E-state index contributed by atoms with van der Waals surface area (Å²) in [4.78, 5) is 17.7. The van der Waals surface area contributed by atoms with Gasteiger partial charge in [-0.1, -0.05) is 60.0 Å². The fourth-order valence-electron chi connectivity index (χ4n) is 2.73. The molecule has 2 aromatic carbocycles. The number of allylic oxidation sites excluding steroid dienone is 1. The number of amides is 1. The molecule has 144 valence electrons. The third-order valence-electron chi connectivity index (χ3n) is 4.25. The molecule has 0 radical (unpaired) electrons. The highest BCUT2D eigenvalue weighted by Gasteiger charge is 2.15. The average Bonchev–Trinajstić information content (AvgIpc) is 2.70. The second kappa shape index (κ2) is 10.7. The predicted molar refractivity (Wildman–Crippen MR) is 115 cm³/mol. The van der Waals surface area contributed by atoms with Crippen LogP contribution >= 0.6 is 0 Å². The van der Waals surface area contributed by atoms with E-state index >= 15 is 0 Å². The molecule has 0 heterocycles. The third-order valence-corrected chi connectivity index (χ3v) is 4.25. The molecule has 2 aromatic rings. The van der Waals surface area contributed by atoms with Crippen LogP contribution in [0.4, 0.5) is 0 Å². The van der Waals surface area contributed by atoms with Crippen molar-refractivity contribution in [1.29, 1.82) is 0 Å². The summed E-state index contributed by atoms with van der Waals surface area (Å²) in [5.41, 5.74) is 5.62. The molecule has 1 amide bonds. The standard InChI is InChI=1S/C24H26N2O2/c1-5-8-22(24(27)25-4)21-11-6-9-19(3)23(21)17-28-26-16-7-10-20-14-12-18(2)13-15-20/h6,8-9,11-16H,5,17H2,1-4H3,(H,25,27)/b22-8+,26-16+. The number of oxime groups is 1. The minimum atomic E-state index is -0.110. The molecule has 0 spiro atoms. The lowest BCUT2D eigenvalue weighted by Crippen LogP contribution is -2.20. The summed E-state index contributed by atoms with van der Waals surface area (Å²) in [6.07, 6.45) is 4.14. The first kappa shape index (κ1) is 21.0. The quantitative estimate of drug-likeness (QED) is 0.353. The monoisotopic (exact) mass is 374 g/mol. The highest BCUT2D eigenvalue weighted by molar-refractivity contribution is 6.19. The molecule has 0 aliphatic heterocycles. The van der Waals surface area contributed by atoms with E-state index in [1.807, 2.05) is 69.3 Å². The van der Waals surface area contributed by atoms with Crippen molar-refractivity contribution < 1.29 is 9.63 Å². The number of hydrogen-bond acceptors (Lipinski definition) is 3. The maximum atomic E-state index is 12.3. The minimum Gasteiger partial charge on any atom is -0.390 e. The smallest absolute Gasteiger partial charge is 0.251 e. The van der Waals surface area contributed by atoms with Crippen LogP contribution in [0.15, 0.2) is 53.7 Å². The van der Waals surface area contributed by atoms with Gasteiger partial charge in [-0.15, -0.1) is 0 Å². The number of hydrogen-bond donors (Lipinski definition) is 1. The highest BCUT2D eigenvalue weighted by Crippen LogP contribution is 2.24. The molecule has 1 N–H and O–H groups in total. The van der Waals surface area contributed by atoms with Gasteiger partial charge in [-0.2, -0.15) is 0 Å². The van der Waals surface area contributed by atoms with Gasteiger partial charge in [0.1, 0.15) is 12.8 Å². The summed E-state index contributed by atoms with van der Waals surface area (Å²) in [6.45, 7) is 6.31. The maximum absolute atomic E-state index is 12.3. The molecule has 0 saturated heterocycles. The Labute approximate surface area is 167 Å². The lowest BCUT2D eigenvalue weighted by Gasteiger charge is -2.14. The van der Waals surface area contributed by atoms with Gasteiger partial charge in [-0.3, -0.25) is 4.79 Å².